The summed E-state index contributed by atoms with van der Waals surface area (Å²) in [6.07, 6.45) is -3.56. The maximum Gasteiger partial charge on any atom is 0.434 e. The van der Waals surface area contributed by atoms with Gasteiger partial charge in [-0.2, -0.15) is 23.0 Å². The van der Waals surface area contributed by atoms with Crippen molar-refractivity contribution in [2.75, 3.05) is 0 Å². The van der Waals surface area contributed by atoms with E-state index in [2.05, 4.69) is 20.6 Å². The van der Waals surface area contributed by atoms with E-state index in [9.17, 15) is 13.2 Å². The zero-order valence-corrected chi connectivity index (χ0v) is 16.1. The van der Waals surface area contributed by atoms with E-state index in [-0.39, 0.29) is 11.4 Å². The molecule has 0 N–H and O–H groups in total. The van der Waals surface area contributed by atoms with Crippen molar-refractivity contribution in [3.63, 3.8) is 0 Å². The van der Waals surface area contributed by atoms with Gasteiger partial charge in [0.15, 0.2) is 11.5 Å². The first-order valence-electron chi connectivity index (χ1n) is 8.53. The number of aryl methyl sites for hydroxylation is 2. The van der Waals surface area contributed by atoms with Gasteiger partial charge in [0.1, 0.15) is 0 Å². The summed E-state index contributed by atoms with van der Waals surface area (Å²) in [6, 6.07) is 11.6. The highest BCUT2D eigenvalue weighted by Gasteiger charge is 2.40. The summed E-state index contributed by atoms with van der Waals surface area (Å²) in [5, 5.41) is 15.7. The average Bonchev–Trinajstić information content (AvgIpc) is 3.28. The maximum absolute atomic E-state index is 14.1. The highest BCUT2D eigenvalue weighted by Crippen LogP contribution is 2.38. The van der Waals surface area contributed by atoms with Crippen molar-refractivity contribution in [1.29, 1.82) is 0 Å². The summed E-state index contributed by atoms with van der Waals surface area (Å²) in [5.41, 5.74) is 1.25. The second kappa shape index (κ2) is 7.00. The molecule has 4 rings (SSSR count). The van der Waals surface area contributed by atoms with Crippen LogP contribution >= 0.6 is 11.6 Å². The second-order valence-corrected chi connectivity index (χ2v) is 6.93. The van der Waals surface area contributed by atoms with Crippen LogP contribution in [0.4, 0.5) is 13.2 Å². The summed E-state index contributed by atoms with van der Waals surface area (Å²) in [6.45, 7) is 3.61. The molecule has 0 saturated carbocycles. The minimum atomic E-state index is -4.68. The Kier molecular flexibility index (Phi) is 4.62. The van der Waals surface area contributed by atoms with Gasteiger partial charge in [-0.05, 0) is 60.2 Å². The smallest absolute Gasteiger partial charge is 0.228 e. The van der Waals surface area contributed by atoms with Gasteiger partial charge < -0.3 is 0 Å². The third-order valence-corrected chi connectivity index (χ3v) is 4.65. The zero-order chi connectivity index (χ0) is 20.8. The molecule has 10 heteroatoms. The van der Waals surface area contributed by atoms with E-state index in [0.29, 0.717) is 22.0 Å². The monoisotopic (exact) mass is 418 g/mol. The molecule has 0 atom stereocenters. The number of benzene rings is 2. The maximum atomic E-state index is 14.1. The van der Waals surface area contributed by atoms with E-state index in [1.807, 2.05) is 6.92 Å². The van der Waals surface area contributed by atoms with Gasteiger partial charge in [-0.15, -0.1) is 5.10 Å². The van der Waals surface area contributed by atoms with Gasteiger partial charge in [-0.1, -0.05) is 29.3 Å². The third-order valence-electron chi connectivity index (χ3n) is 4.40. The summed E-state index contributed by atoms with van der Waals surface area (Å²) >= 11 is 5.89. The Labute approximate surface area is 168 Å². The number of tetrazole rings is 1. The molecule has 0 bridgehead atoms. The van der Waals surface area contributed by atoms with Gasteiger partial charge >= 0.3 is 6.18 Å². The van der Waals surface area contributed by atoms with E-state index in [0.717, 1.165) is 16.4 Å². The van der Waals surface area contributed by atoms with Gasteiger partial charge in [0.2, 0.25) is 0 Å². The normalized spacial score (nSPS) is 11.8. The Bertz CT molecular complexity index is 1180. The summed E-state index contributed by atoms with van der Waals surface area (Å²) < 4.78 is 44.3. The minimum absolute atomic E-state index is 0.0735. The number of aromatic nitrogens is 6. The largest absolute Gasteiger partial charge is 0.434 e. The molecule has 0 spiro atoms. The molecule has 6 nitrogen and oxygen atoms in total. The average molecular weight is 419 g/mol. The predicted molar refractivity (Wildman–Crippen MR) is 101 cm³/mol. The Balaban J connectivity index is 1.92. The SMILES string of the molecule is Cc1ccc(-n2ncc(-c3nnnn3-c3ccc(Cl)cc3)c2C(F)(F)F)c(C)c1. The predicted octanol–water partition coefficient (Wildman–Crippen LogP) is 4.80. The molecular weight excluding hydrogens is 405 g/mol. The quantitative estimate of drug-likeness (QED) is 0.479. The molecule has 0 aliphatic carbocycles. The minimum Gasteiger partial charge on any atom is -0.228 e. The van der Waals surface area contributed by atoms with Crippen LogP contribution in [0, 0.1) is 13.8 Å². The van der Waals surface area contributed by atoms with E-state index in [1.54, 1.807) is 49.4 Å². The van der Waals surface area contributed by atoms with Crippen LogP contribution in [0.25, 0.3) is 22.8 Å². The molecule has 2 aromatic heterocycles. The van der Waals surface area contributed by atoms with Crippen LogP contribution in [-0.2, 0) is 6.18 Å². The number of rotatable bonds is 3. The molecule has 2 aromatic carbocycles. The second-order valence-electron chi connectivity index (χ2n) is 6.50. The van der Waals surface area contributed by atoms with Crippen molar-refractivity contribution < 1.29 is 13.2 Å². The fraction of sp³-hybridized carbons (Fsp3) is 0.158. The van der Waals surface area contributed by atoms with Crippen molar-refractivity contribution in [3.05, 3.63) is 70.5 Å². The van der Waals surface area contributed by atoms with Crippen LogP contribution in [0.15, 0.2) is 48.7 Å². The van der Waals surface area contributed by atoms with Crippen LogP contribution in [0.3, 0.4) is 0 Å². The zero-order valence-electron chi connectivity index (χ0n) is 15.3. The van der Waals surface area contributed by atoms with Crippen LogP contribution in [0.1, 0.15) is 16.8 Å². The number of halogens is 4. The van der Waals surface area contributed by atoms with Gasteiger partial charge in [0, 0.05) is 5.02 Å². The van der Waals surface area contributed by atoms with Crippen LogP contribution in [-0.4, -0.2) is 30.0 Å². The first-order valence-corrected chi connectivity index (χ1v) is 8.91. The van der Waals surface area contributed by atoms with Crippen LogP contribution < -0.4 is 0 Å². The lowest BCUT2D eigenvalue weighted by atomic mass is 10.1. The molecule has 0 unspecified atom stereocenters. The van der Waals surface area contributed by atoms with E-state index in [4.69, 9.17) is 11.6 Å². The van der Waals surface area contributed by atoms with Crippen molar-refractivity contribution in [2.24, 2.45) is 0 Å². The van der Waals surface area contributed by atoms with Crippen LogP contribution in [0.2, 0.25) is 5.02 Å². The molecule has 0 fully saturated rings. The van der Waals surface area contributed by atoms with Crippen molar-refractivity contribution in [3.8, 4) is 22.8 Å². The van der Waals surface area contributed by atoms with Gasteiger partial charge in [0.25, 0.3) is 0 Å². The summed E-state index contributed by atoms with van der Waals surface area (Å²) in [7, 11) is 0. The Morgan fingerprint density at radius 3 is 2.34 bits per heavy atom. The number of nitrogens with zero attached hydrogens (tertiary/aromatic N) is 6. The van der Waals surface area contributed by atoms with Crippen molar-refractivity contribution >= 4 is 11.6 Å². The highest BCUT2D eigenvalue weighted by atomic mass is 35.5. The number of hydrogen-bond donors (Lipinski definition) is 0. The van der Waals surface area contributed by atoms with Crippen LogP contribution in [0.5, 0.6) is 0 Å². The van der Waals surface area contributed by atoms with Gasteiger partial charge in [-0.3, -0.25) is 0 Å². The molecule has 148 valence electrons. The number of hydrogen-bond acceptors (Lipinski definition) is 4. The lowest BCUT2D eigenvalue weighted by molar-refractivity contribution is -0.142. The fourth-order valence-corrected chi connectivity index (χ4v) is 3.25. The first kappa shape index (κ1) is 19.1. The molecular formula is C19H14ClF3N6. The fourth-order valence-electron chi connectivity index (χ4n) is 3.12. The Morgan fingerprint density at radius 2 is 1.69 bits per heavy atom. The first-order chi connectivity index (χ1) is 13.8. The summed E-state index contributed by atoms with van der Waals surface area (Å²) in [4.78, 5) is 0. The third kappa shape index (κ3) is 3.49. The standard InChI is InChI=1S/C19H14ClF3N6/c1-11-3-8-16(12(2)9-11)29-17(19(21,22)23)15(10-24-29)18-25-26-27-28(18)14-6-4-13(20)5-7-14/h3-10H,1-2H3. The lowest BCUT2D eigenvalue weighted by Gasteiger charge is -2.14. The molecule has 29 heavy (non-hydrogen) atoms. The van der Waals surface area contributed by atoms with Gasteiger partial charge in [-0.25, -0.2) is 4.68 Å². The summed E-state index contributed by atoms with van der Waals surface area (Å²) in [5.74, 6) is -0.0735. The van der Waals surface area contributed by atoms with Crippen molar-refractivity contribution in [1.82, 2.24) is 30.0 Å². The van der Waals surface area contributed by atoms with E-state index < -0.39 is 11.9 Å². The highest BCUT2D eigenvalue weighted by molar-refractivity contribution is 6.30. The van der Waals surface area contributed by atoms with Crippen molar-refractivity contribution in [2.45, 2.75) is 20.0 Å². The molecule has 0 aliphatic rings. The number of alkyl halides is 3. The molecule has 0 amide bonds. The molecule has 0 aliphatic heterocycles. The lowest BCUT2D eigenvalue weighted by Crippen LogP contribution is -2.16. The van der Waals surface area contributed by atoms with E-state index in [1.165, 1.54) is 4.68 Å². The Morgan fingerprint density at radius 1 is 0.966 bits per heavy atom. The van der Waals surface area contributed by atoms with Gasteiger partial charge in [0.05, 0.1) is 23.1 Å². The van der Waals surface area contributed by atoms with E-state index >= 15 is 0 Å². The Hall–Kier alpha value is -3.20. The molecule has 0 radical (unpaired) electrons. The topological polar surface area (TPSA) is 61.4 Å². The molecule has 2 heterocycles. The molecule has 0 saturated heterocycles. The molecule has 4 aromatic rings.